The maximum atomic E-state index is 4.65. The van der Waals surface area contributed by atoms with Gasteiger partial charge in [0.15, 0.2) is 0 Å². The third-order valence-corrected chi connectivity index (χ3v) is 4.02. The Bertz CT molecular complexity index is 829. The number of aromatic nitrogens is 3. The first-order chi connectivity index (χ1) is 9.90. The lowest BCUT2D eigenvalue weighted by Gasteiger charge is -2.00. The van der Waals surface area contributed by atoms with E-state index in [4.69, 9.17) is 0 Å². The van der Waals surface area contributed by atoms with Crippen LogP contribution < -0.4 is 0 Å². The third kappa shape index (κ3) is 1.90. The highest BCUT2D eigenvalue weighted by molar-refractivity contribution is 7.13. The molecular formula is C16H11N3S. The second-order valence-electron chi connectivity index (χ2n) is 4.51. The Morgan fingerprint density at radius 3 is 2.80 bits per heavy atom. The molecule has 4 aromatic rings. The molecule has 0 saturated carbocycles. The number of thiazole rings is 1. The predicted molar refractivity (Wildman–Crippen MR) is 81.7 cm³/mol. The highest BCUT2D eigenvalue weighted by atomic mass is 32.1. The summed E-state index contributed by atoms with van der Waals surface area (Å²) in [4.78, 5) is 9.01. The summed E-state index contributed by atoms with van der Waals surface area (Å²) in [5.74, 6) is 0. The minimum atomic E-state index is 0.960. The summed E-state index contributed by atoms with van der Waals surface area (Å²) < 4.78 is 2.03. The van der Waals surface area contributed by atoms with E-state index in [1.807, 2.05) is 40.4 Å². The van der Waals surface area contributed by atoms with E-state index < -0.39 is 0 Å². The van der Waals surface area contributed by atoms with Gasteiger partial charge in [0.25, 0.3) is 0 Å². The maximum absolute atomic E-state index is 4.65. The first-order valence-electron chi connectivity index (χ1n) is 6.34. The normalized spacial score (nSPS) is 11.0. The van der Waals surface area contributed by atoms with Crippen LogP contribution in [-0.2, 0) is 0 Å². The molecule has 0 bridgehead atoms. The lowest BCUT2D eigenvalue weighted by molar-refractivity contribution is 1.19. The molecule has 0 saturated heterocycles. The van der Waals surface area contributed by atoms with E-state index in [0.29, 0.717) is 0 Å². The lowest BCUT2D eigenvalue weighted by atomic mass is 10.1. The fourth-order valence-corrected chi connectivity index (χ4v) is 2.89. The van der Waals surface area contributed by atoms with Gasteiger partial charge < -0.3 is 4.40 Å². The van der Waals surface area contributed by atoms with Crippen LogP contribution in [0.2, 0.25) is 0 Å². The monoisotopic (exact) mass is 277 g/mol. The highest BCUT2D eigenvalue weighted by Crippen LogP contribution is 2.27. The summed E-state index contributed by atoms with van der Waals surface area (Å²) in [6.07, 6.45) is 5.89. The Labute approximate surface area is 120 Å². The molecule has 96 valence electrons. The first-order valence-corrected chi connectivity index (χ1v) is 7.22. The summed E-state index contributed by atoms with van der Waals surface area (Å²) in [7, 11) is 0. The van der Waals surface area contributed by atoms with E-state index in [9.17, 15) is 0 Å². The van der Waals surface area contributed by atoms with Crippen LogP contribution in [0.3, 0.4) is 0 Å². The van der Waals surface area contributed by atoms with Gasteiger partial charge in [-0.15, -0.1) is 11.3 Å². The SMILES string of the molecule is c1cc(-c2cn3ccccc3n2)cc(-c2nccs2)c1. The molecular weight excluding hydrogens is 266 g/mol. The smallest absolute Gasteiger partial charge is 0.137 e. The van der Waals surface area contributed by atoms with E-state index >= 15 is 0 Å². The molecule has 0 spiro atoms. The van der Waals surface area contributed by atoms with Gasteiger partial charge in [-0.25, -0.2) is 9.97 Å². The average molecular weight is 277 g/mol. The Hall–Kier alpha value is -2.46. The van der Waals surface area contributed by atoms with Crippen LogP contribution in [0.4, 0.5) is 0 Å². The fourth-order valence-electron chi connectivity index (χ4n) is 2.25. The summed E-state index contributed by atoms with van der Waals surface area (Å²) in [5, 5.41) is 3.03. The van der Waals surface area contributed by atoms with Crippen LogP contribution in [0.1, 0.15) is 0 Å². The Morgan fingerprint density at radius 2 is 1.95 bits per heavy atom. The molecule has 0 amide bonds. The Balaban J connectivity index is 1.84. The molecule has 0 unspecified atom stereocenters. The number of benzene rings is 1. The predicted octanol–water partition coefficient (Wildman–Crippen LogP) is 4.12. The molecule has 0 atom stereocenters. The van der Waals surface area contributed by atoms with Crippen molar-refractivity contribution in [3.63, 3.8) is 0 Å². The molecule has 0 fully saturated rings. The fraction of sp³-hybridized carbons (Fsp3) is 0. The molecule has 0 radical (unpaired) electrons. The van der Waals surface area contributed by atoms with Crippen molar-refractivity contribution in [3.8, 4) is 21.8 Å². The summed E-state index contributed by atoms with van der Waals surface area (Å²) in [5.41, 5.74) is 4.19. The zero-order valence-corrected chi connectivity index (χ0v) is 11.4. The average Bonchev–Trinajstić information content (AvgIpc) is 3.16. The number of rotatable bonds is 2. The van der Waals surface area contributed by atoms with Gasteiger partial charge in [-0.05, 0) is 18.2 Å². The molecule has 0 N–H and O–H groups in total. The van der Waals surface area contributed by atoms with Crippen molar-refractivity contribution >= 4 is 17.0 Å². The quantitative estimate of drug-likeness (QED) is 0.551. The third-order valence-electron chi connectivity index (χ3n) is 3.20. The topological polar surface area (TPSA) is 30.2 Å². The maximum Gasteiger partial charge on any atom is 0.137 e. The van der Waals surface area contributed by atoms with Gasteiger partial charge in [-0.2, -0.15) is 0 Å². The lowest BCUT2D eigenvalue weighted by Crippen LogP contribution is -1.80. The first kappa shape index (κ1) is 11.4. The van der Waals surface area contributed by atoms with E-state index in [1.165, 1.54) is 0 Å². The zero-order valence-electron chi connectivity index (χ0n) is 10.6. The van der Waals surface area contributed by atoms with Crippen LogP contribution in [0.25, 0.3) is 27.5 Å². The van der Waals surface area contributed by atoms with Crippen LogP contribution in [0, 0.1) is 0 Å². The summed E-state index contributed by atoms with van der Waals surface area (Å²) >= 11 is 1.65. The number of pyridine rings is 1. The second-order valence-corrected chi connectivity index (χ2v) is 5.40. The minimum Gasteiger partial charge on any atom is -0.306 e. The highest BCUT2D eigenvalue weighted by Gasteiger charge is 2.06. The van der Waals surface area contributed by atoms with Gasteiger partial charge in [-0.1, -0.05) is 24.3 Å². The van der Waals surface area contributed by atoms with Crippen molar-refractivity contribution in [1.82, 2.24) is 14.4 Å². The van der Waals surface area contributed by atoms with Gasteiger partial charge in [-0.3, -0.25) is 0 Å². The molecule has 3 aromatic heterocycles. The van der Waals surface area contributed by atoms with Crippen LogP contribution in [0.5, 0.6) is 0 Å². The summed E-state index contributed by atoms with van der Waals surface area (Å²) in [6, 6.07) is 14.4. The van der Waals surface area contributed by atoms with Gasteiger partial charge >= 0.3 is 0 Å². The standard InChI is InChI=1S/C16H11N3S/c1-2-8-19-11-14(18-15(19)6-1)12-4-3-5-13(10-12)16-17-7-9-20-16/h1-11H. The van der Waals surface area contributed by atoms with E-state index in [0.717, 1.165) is 27.5 Å². The van der Waals surface area contributed by atoms with Gasteiger partial charge in [0.05, 0.1) is 5.69 Å². The molecule has 0 aliphatic heterocycles. The van der Waals surface area contributed by atoms with Crippen LogP contribution in [-0.4, -0.2) is 14.4 Å². The van der Waals surface area contributed by atoms with E-state index in [1.54, 1.807) is 11.3 Å². The molecule has 0 aliphatic carbocycles. The number of hydrogen-bond acceptors (Lipinski definition) is 3. The largest absolute Gasteiger partial charge is 0.306 e. The van der Waals surface area contributed by atoms with E-state index in [2.05, 4.69) is 40.4 Å². The number of nitrogens with zero attached hydrogens (tertiary/aromatic N) is 3. The van der Waals surface area contributed by atoms with Crippen molar-refractivity contribution in [2.75, 3.05) is 0 Å². The molecule has 3 heterocycles. The van der Waals surface area contributed by atoms with Crippen LogP contribution >= 0.6 is 11.3 Å². The number of fused-ring (bicyclic) bond motifs is 1. The number of hydrogen-bond donors (Lipinski definition) is 0. The van der Waals surface area contributed by atoms with E-state index in [-0.39, 0.29) is 0 Å². The molecule has 3 nitrogen and oxygen atoms in total. The van der Waals surface area contributed by atoms with Gasteiger partial charge in [0.1, 0.15) is 10.7 Å². The molecule has 20 heavy (non-hydrogen) atoms. The van der Waals surface area contributed by atoms with Crippen molar-refractivity contribution in [2.24, 2.45) is 0 Å². The van der Waals surface area contributed by atoms with Crippen molar-refractivity contribution in [1.29, 1.82) is 0 Å². The number of imidazole rings is 1. The van der Waals surface area contributed by atoms with Crippen molar-refractivity contribution in [3.05, 3.63) is 66.4 Å². The Kier molecular flexibility index (Phi) is 2.60. The van der Waals surface area contributed by atoms with Crippen molar-refractivity contribution < 1.29 is 0 Å². The second kappa shape index (κ2) is 4.58. The zero-order chi connectivity index (χ0) is 13.4. The van der Waals surface area contributed by atoms with Gasteiger partial charge in [0.2, 0.25) is 0 Å². The van der Waals surface area contributed by atoms with Crippen LogP contribution in [0.15, 0.2) is 66.4 Å². The summed E-state index contributed by atoms with van der Waals surface area (Å²) in [6.45, 7) is 0. The van der Waals surface area contributed by atoms with Crippen molar-refractivity contribution in [2.45, 2.75) is 0 Å². The van der Waals surface area contributed by atoms with Gasteiger partial charge in [0, 0.05) is 35.1 Å². The molecule has 4 rings (SSSR count). The molecule has 0 aliphatic rings. The molecule has 1 aromatic carbocycles. The molecule has 4 heteroatoms. The minimum absolute atomic E-state index is 0.960. The Morgan fingerprint density at radius 1 is 1.00 bits per heavy atom.